The quantitative estimate of drug-likeness (QED) is 0.904. The highest BCUT2D eigenvalue weighted by Crippen LogP contribution is 2.29. The van der Waals surface area contributed by atoms with Gasteiger partial charge >= 0.3 is 0 Å². The van der Waals surface area contributed by atoms with Crippen molar-refractivity contribution in [2.24, 2.45) is 0 Å². The number of benzene rings is 1. The summed E-state index contributed by atoms with van der Waals surface area (Å²) >= 11 is 12.1. The molecule has 5 heteroatoms. The molecule has 2 aromatic rings. The largest absolute Gasteiger partial charge is 0.384 e. The summed E-state index contributed by atoms with van der Waals surface area (Å²) in [6, 6.07) is 7.16. The molecule has 90 valence electrons. The van der Waals surface area contributed by atoms with Gasteiger partial charge in [-0.05, 0) is 37.6 Å². The smallest absolute Gasteiger partial charge is 0.122 e. The van der Waals surface area contributed by atoms with Crippen molar-refractivity contribution in [2.45, 2.75) is 19.9 Å². The monoisotopic (exact) mass is 269 g/mol. The highest BCUT2D eigenvalue weighted by atomic mass is 35.5. The molecule has 1 atom stereocenters. The van der Waals surface area contributed by atoms with E-state index in [4.69, 9.17) is 28.9 Å². The van der Waals surface area contributed by atoms with Gasteiger partial charge in [-0.1, -0.05) is 23.2 Å². The third kappa shape index (κ3) is 2.40. The lowest BCUT2D eigenvalue weighted by atomic mass is 10.1. The summed E-state index contributed by atoms with van der Waals surface area (Å²) in [7, 11) is 0. The molecule has 1 unspecified atom stereocenters. The molecule has 0 radical (unpaired) electrons. The van der Waals surface area contributed by atoms with Crippen LogP contribution in [0.2, 0.25) is 10.0 Å². The SMILES string of the molecule is Cc1cc(N)n(C(C)c2cc(Cl)ccc2Cl)n1. The number of anilines is 1. The van der Waals surface area contributed by atoms with E-state index in [1.54, 1.807) is 16.8 Å². The summed E-state index contributed by atoms with van der Waals surface area (Å²) in [5.74, 6) is 0.617. The molecule has 1 aromatic carbocycles. The van der Waals surface area contributed by atoms with Gasteiger partial charge in [-0.3, -0.25) is 0 Å². The Kier molecular flexibility index (Phi) is 3.31. The van der Waals surface area contributed by atoms with Crippen molar-refractivity contribution >= 4 is 29.0 Å². The Labute approximate surface area is 110 Å². The van der Waals surface area contributed by atoms with E-state index < -0.39 is 0 Å². The molecular formula is C12H13Cl2N3. The second kappa shape index (κ2) is 4.59. The second-order valence-electron chi connectivity index (χ2n) is 4.00. The van der Waals surface area contributed by atoms with Crippen LogP contribution >= 0.6 is 23.2 Å². The molecule has 1 heterocycles. The Balaban J connectivity index is 2.46. The van der Waals surface area contributed by atoms with Crippen LogP contribution in [0.3, 0.4) is 0 Å². The van der Waals surface area contributed by atoms with Gasteiger partial charge in [-0.25, -0.2) is 4.68 Å². The lowest BCUT2D eigenvalue weighted by molar-refractivity contribution is 0.569. The zero-order valence-electron chi connectivity index (χ0n) is 9.61. The topological polar surface area (TPSA) is 43.8 Å². The standard InChI is InChI=1S/C12H13Cl2N3/c1-7-5-12(15)17(16-7)8(2)10-6-9(13)3-4-11(10)14/h3-6,8H,15H2,1-2H3. The maximum atomic E-state index is 6.16. The number of nitrogens with two attached hydrogens (primary N) is 1. The first-order chi connectivity index (χ1) is 7.99. The lowest BCUT2D eigenvalue weighted by Crippen LogP contribution is -2.12. The van der Waals surface area contributed by atoms with E-state index in [1.807, 2.05) is 26.0 Å². The minimum atomic E-state index is -0.0464. The number of aromatic nitrogens is 2. The summed E-state index contributed by atoms with van der Waals surface area (Å²) in [4.78, 5) is 0. The predicted molar refractivity (Wildman–Crippen MR) is 71.7 cm³/mol. The van der Waals surface area contributed by atoms with E-state index in [0.717, 1.165) is 11.3 Å². The number of hydrogen-bond acceptors (Lipinski definition) is 2. The fraction of sp³-hybridized carbons (Fsp3) is 0.250. The molecule has 2 rings (SSSR count). The Morgan fingerprint density at radius 1 is 1.29 bits per heavy atom. The average Bonchev–Trinajstić information content (AvgIpc) is 2.60. The molecule has 0 aliphatic rings. The first kappa shape index (κ1) is 12.3. The molecule has 0 fully saturated rings. The van der Waals surface area contributed by atoms with Crippen LogP contribution in [0.1, 0.15) is 24.2 Å². The number of halogens is 2. The minimum absolute atomic E-state index is 0.0464. The maximum Gasteiger partial charge on any atom is 0.122 e. The van der Waals surface area contributed by atoms with E-state index in [2.05, 4.69) is 5.10 Å². The Hall–Kier alpha value is -1.19. The summed E-state index contributed by atoms with van der Waals surface area (Å²) in [5.41, 5.74) is 7.69. The predicted octanol–water partition coefficient (Wildman–Crippen LogP) is 3.69. The fourth-order valence-electron chi connectivity index (χ4n) is 1.81. The number of nitrogen functional groups attached to an aromatic ring is 1. The zero-order valence-corrected chi connectivity index (χ0v) is 11.1. The van der Waals surface area contributed by atoms with Gasteiger partial charge in [0.05, 0.1) is 11.7 Å². The van der Waals surface area contributed by atoms with Crippen molar-refractivity contribution in [1.29, 1.82) is 0 Å². The van der Waals surface area contributed by atoms with Gasteiger partial charge in [0.15, 0.2) is 0 Å². The molecule has 0 saturated carbocycles. The first-order valence-electron chi connectivity index (χ1n) is 5.25. The lowest BCUT2D eigenvalue weighted by Gasteiger charge is -2.16. The third-order valence-electron chi connectivity index (χ3n) is 2.66. The van der Waals surface area contributed by atoms with Crippen LogP contribution in [0, 0.1) is 6.92 Å². The Morgan fingerprint density at radius 2 is 2.00 bits per heavy atom. The summed E-state index contributed by atoms with van der Waals surface area (Å²) in [5, 5.41) is 5.66. The highest BCUT2D eigenvalue weighted by molar-refractivity contribution is 6.33. The van der Waals surface area contributed by atoms with Crippen molar-refractivity contribution in [3.05, 3.63) is 45.6 Å². The van der Waals surface area contributed by atoms with Crippen LogP contribution in [0.25, 0.3) is 0 Å². The molecule has 0 spiro atoms. The number of nitrogens with zero attached hydrogens (tertiary/aromatic N) is 2. The molecule has 17 heavy (non-hydrogen) atoms. The van der Waals surface area contributed by atoms with Gasteiger partial charge in [-0.15, -0.1) is 0 Å². The molecular weight excluding hydrogens is 257 g/mol. The summed E-state index contributed by atoms with van der Waals surface area (Å²) in [6.07, 6.45) is 0. The highest BCUT2D eigenvalue weighted by Gasteiger charge is 2.15. The first-order valence-corrected chi connectivity index (χ1v) is 6.01. The third-order valence-corrected chi connectivity index (χ3v) is 3.24. The Bertz CT molecular complexity index is 549. The van der Waals surface area contributed by atoms with Crippen LogP contribution in [0.15, 0.2) is 24.3 Å². The van der Waals surface area contributed by atoms with Gasteiger partial charge in [0.25, 0.3) is 0 Å². The van der Waals surface area contributed by atoms with E-state index in [-0.39, 0.29) is 6.04 Å². The molecule has 0 amide bonds. The van der Waals surface area contributed by atoms with E-state index >= 15 is 0 Å². The number of aryl methyl sites for hydroxylation is 1. The molecule has 2 N–H and O–H groups in total. The molecule has 3 nitrogen and oxygen atoms in total. The van der Waals surface area contributed by atoms with Crippen LogP contribution in [0.4, 0.5) is 5.82 Å². The molecule has 0 aliphatic heterocycles. The minimum Gasteiger partial charge on any atom is -0.384 e. The van der Waals surface area contributed by atoms with Crippen LogP contribution in [-0.4, -0.2) is 9.78 Å². The Morgan fingerprint density at radius 3 is 2.59 bits per heavy atom. The van der Waals surface area contributed by atoms with Crippen LogP contribution in [0.5, 0.6) is 0 Å². The molecule has 0 bridgehead atoms. The molecule has 0 saturated heterocycles. The van der Waals surface area contributed by atoms with E-state index in [9.17, 15) is 0 Å². The van der Waals surface area contributed by atoms with Gasteiger partial charge < -0.3 is 5.73 Å². The molecule has 0 aliphatic carbocycles. The summed E-state index contributed by atoms with van der Waals surface area (Å²) in [6.45, 7) is 3.89. The van der Waals surface area contributed by atoms with Crippen molar-refractivity contribution < 1.29 is 0 Å². The van der Waals surface area contributed by atoms with Crippen molar-refractivity contribution in [2.75, 3.05) is 5.73 Å². The zero-order chi connectivity index (χ0) is 12.6. The second-order valence-corrected chi connectivity index (χ2v) is 4.84. The van der Waals surface area contributed by atoms with Crippen LogP contribution < -0.4 is 5.73 Å². The summed E-state index contributed by atoms with van der Waals surface area (Å²) < 4.78 is 1.74. The fourth-order valence-corrected chi connectivity index (χ4v) is 2.27. The van der Waals surface area contributed by atoms with E-state index in [1.165, 1.54) is 0 Å². The maximum absolute atomic E-state index is 6.16. The molecule has 1 aromatic heterocycles. The van der Waals surface area contributed by atoms with Gasteiger partial charge in [-0.2, -0.15) is 5.10 Å². The van der Waals surface area contributed by atoms with Gasteiger partial charge in [0.2, 0.25) is 0 Å². The van der Waals surface area contributed by atoms with Crippen molar-refractivity contribution in [3.8, 4) is 0 Å². The van der Waals surface area contributed by atoms with E-state index in [0.29, 0.717) is 15.9 Å². The van der Waals surface area contributed by atoms with Crippen molar-refractivity contribution in [1.82, 2.24) is 9.78 Å². The number of rotatable bonds is 2. The van der Waals surface area contributed by atoms with Gasteiger partial charge in [0.1, 0.15) is 5.82 Å². The van der Waals surface area contributed by atoms with Crippen LogP contribution in [-0.2, 0) is 0 Å². The number of hydrogen-bond donors (Lipinski definition) is 1. The van der Waals surface area contributed by atoms with Crippen molar-refractivity contribution in [3.63, 3.8) is 0 Å². The average molecular weight is 270 g/mol. The normalized spacial score (nSPS) is 12.7. The van der Waals surface area contributed by atoms with Gasteiger partial charge in [0, 0.05) is 16.1 Å².